The molecular formula is C29H30ClN3O3. The predicted molar refractivity (Wildman–Crippen MR) is 142 cm³/mol. The molecule has 1 saturated carbocycles. The molecule has 0 spiro atoms. The van der Waals surface area contributed by atoms with E-state index in [2.05, 4.69) is 5.32 Å². The molecule has 3 aromatic rings. The van der Waals surface area contributed by atoms with Crippen LogP contribution in [0.4, 0.5) is 5.69 Å². The van der Waals surface area contributed by atoms with Gasteiger partial charge in [0, 0.05) is 28.6 Å². The Morgan fingerprint density at radius 3 is 2.44 bits per heavy atom. The molecule has 5 rings (SSSR count). The van der Waals surface area contributed by atoms with Crippen molar-refractivity contribution < 1.29 is 14.4 Å². The van der Waals surface area contributed by atoms with Gasteiger partial charge in [0.2, 0.25) is 11.8 Å². The summed E-state index contributed by atoms with van der Waals surface area (Å²) in [6.07, 6.45) is 5.34. The van der Waals surface area contributed by atoms with Crippen LogP contribution >= 0.6 is 11.6 Å². The van der Waals surface area contributed by atoms with Gasteiger partial charge >= 0.3 is 0 Å². The molecule has 1 aliphatic heterocycles. The third-order valence-corrected chi connectivity index (χ3v) is 7.58. The fourth-order valence-electron chi connectivity index (χ4n) is 5.30. The van der Waals surface area contributed by atoms with Crippen LogP contribution < -0.4 is 10.2 Å². The first-order valence-electron chi connectivity index (χ1n) is 12.6. The number of anilines is 1. The highest BCUT2D eigenvalue weighted by Crippen LogP contribution is 2.37. The molecule has 1 aliphatic carbocycles. The highest BCUT2D eigenvalue weighted by Gasteiger charge is 2.34. The van der Waals surface area contributed by atoms with Crippen LogP contribution in [0.1, 0.15) is 54.9 Å². The molecule has 186 valence electrons. The van der Waals surface area contributed by atoms with Crippen molar-refractivity contribution in [1.82, 2.24) is 10.2 Å². The lowest BCUT2D eigenvalue weighted by atomic mass is 9.95. The third kappa shape index (κ3) is 4.82. The van der Waals surface area contributed by atoms with Crippen molar-refractivity contribution in [3.8, 4) is 0 Å². The van der Waals surface area contributed by atoms with E-state index < -0.39 is 6.04 Å². The average molecular weight is 504 g/mol. The quantitative estimate of drug-likeness (QED) is 0.474. The van der Waals surface area contributed by atoms with Crippen molar-refractivity contribution >= 4 is 45.8 Å². The molecule has 0 aromatic heterocycles. The summed E-state index contributed by atoms with van der Waals surface area (Å²) in [4.78, 5) is 43.3. The number of hydrogen-bond donors (Lipinski definition) is 1. The molecule has 1 atom stereocenters. The summed E-state index contributed by atoms with van der Waals surface area (Å²) in [7, 11) is 0. The van der Waals surface area contributed by atoms with Gasteiger partial charge in [-0.05, 0) is 55.0 Å². The Balaban J connectivity index is 1.39. The second kappa shape index (κ2) is 10.3. The smallest absolute Gasteiger partial charge is 0.259 e. The van der Waals surface area contributed by atoms with Gasteiger partial charge in [-0.3, -0.25) is 19.3 Å². The van der Waals surface area contributed by atoms with Crippen LogP contribution in [0, 0.1) is 0 Å². The number of nitrogens with one attached hydrogen (secondary N) is 1. The summed E-state index contributed by atoms with van der Waals surface area (Å²) in [5.41, 5.74) is 2.19. The second-order valence-electron chi connectivity index (χ2n) is 9.74. The fourth-order valence-corrected chi connectivity index (χ4v) is 5.43. The van der Waals surface area contributed by atoms with Gasteiger partial charge in [0.05, 0.1) is 5.69 Å². The minimum atomic E-state index is -0.689. The Morgan fingerprint density at radius 1 is 1.03 bits per heavy atom. The zero-order chi connectivity index (χ0) is 25.2. The maximum Gasteiger partial charge on any atom is 0.259 e. The van der Waals surface area contributed by atoms with Crippen molar-refractivity contribution in [2.24, 2.45) is 0 Å². The first-order valence-corrected chi connectivity index (χ1v) is 13.0. The molecule has 1 N–H and O–H groups in total. The van der Waals surface area contributed by atoms with Gasteiger partial charge < -0.3 is 10.2 Å². The average Bonchev–Trinajstić information content (AvgIpc) is 3.16. The van der Waals surface area contributed by atoms with Crippen LogP contribution in [-0.2, 0) is 16.1 Å². The van der Waals surface area contributed by atoms with E-state index in [-0.39, 0.29) is 36.9 Å². The molecule has 2 aliphatic rings. The number of rotatable bonds is 7. The Kier molecular flexibility index (Phi) is 6.97. The first kappa shape index (κ1) is 24.3. The van der Waals surface area contributed by atoms with Crippen LogP contribution in [0.3, 0.4) is 0 Å². The van der Waals surface area contributed by atoms with Gasteiger partial charge in [-0.1, -0.05) is 67.3 Å². The lowest BCUT2D eigenvalue weighted by molar-refractivity contribution is -0.139. The molecule has 6 nitrogen and oxygen atoms in total. The monoisotopic (exact) mass is 503 g/mol. The normalized spacial score (nSPS) is 16.3. The van der Waals surface area contributed by atoms with Crippen LogP contribution in [0.15, 0.2) is 60.7 Å². The highest BCUT2D eigenvalue weighted by atomic mass is 35.5. The van der Waals surface area contributed by atoms with Crippen molar-refractivity contribution in [2.45, 2.75) is 57.7 Å². The van der Waals surface area contributed by atoms with Gasteiger partial charge in [-0.2, -0.15) is 0 Å². The maximum atomic E-state index is 13.8. The van der Waals surface area contributed by atoms with Gasteiger partial charge in [-0.15, -0.1) is 0 Å². The second-order valence-corrected chi connectivity index (χ2v) is 10.2. The first-order chi connectivity index (χ1) is 17.4. The largest absolute Gasteiger partial charge is 0.352 e. The molecule has 0 saturated heterocycles. The number of amides is 3. The van der Waals surface area contributed by atoms with Gasteiger partial charge in [0.25, 0.3) is 5.91 Å². The summed E-state index contributed by atoms with van der Waals surface area (Å²) in [6, 6.07) is 18.0. The molecule has 1 unspecified atom stereocenters. The Labute approximate surface area is 216 Å². The van der Waals surface area contributed by atoms with E-state index in [0.717, 1.165) is 47.7 Å². The number of halogens is 1. The highest BCUT2D eigenvalue weighted by molar-refractivity contribution is 6.30. The molecule has 1 heterocycles. The molecule has 0 radical (unpaired) electrons. The predicted octanol–water partition coefficient (Wildman–Crippen LogP) is 5.32. The van der Waals surface area contributed by atoms with Crippen LogP contribution in [-0.4, -0.2) is 41.2 Å². The van der Waals surface area contributed by atoms with Crippen LogP contribution in [0.5, 0.6) is 0 Å². The molecular weight excluding hydrogens is 474 g/mol. The molecule has 1 fully saturated rings. The summed E-state index contributed by atoms with van der Waals surface area (Å²) < 4.78 is 0. The topological polar surface area (TPSA) is 69.7 Å². The summed E-state index contributed by atoms with van der Waals surface area (Å²) in [5.74, 6) is -0.641. The molecule has 0 bridgehead atoms. The van der Waals surface area contributed by atoms with Crippen molar-refractivity contribution in [2.75, 3.05) is 11.4 Å². The SMILES string of the molecule is CC(C(=O)NC1CCCCC1)N(Cc1ccc(Cl)cc1)C(=O)CN1C(=O)c2cccc3cccc1c23. The van der Waals surface area contributed by atoms with E-state index in [0.29, 0.717) is 10.6 Å². The van der Waals surface area contributed by atoms with E-state index in [4.69, 9.17) is 11.6 Å². The number of nitrogens with zero attached hydrogens (tertiary/aromatic N) is 2. The van der Waals surface area contributed by atoms with Gasteiger partial charge in [-0.25, -0.2) is 0 Å². The van der Waals surface area contributed by atoms with E-state index in [9.17, 15) is 14.4 Å². The minimum Gasteiger partial charge on any atom is -0.352 e. The minimum absolute atomic E-state index is 0.138. The number of carbonyl (C=O) groups excluding carboxylic acids is 3. The lowest BCUT2D eigenvalue weighted by Crippen LogP contribution is -2.52. The molecule has 3 aromatic carbocycles. The number of benzene rings is 3. The molecule has 7 heteroatoms. The Hall–Kier alpha value is -3.38. The lowest BCUT2D eigenvalue weighted by Gasteiger charge is -2.32. The Bertz CT molecular complexity index is 1300. The van der Waals surface area contributed by atoms with Crippen LogP contribution in [0.25, 0.3) is 10.8 Å². The zero-order valence-corrected chi connectivity index (χ0v) is 21.1. The Morgan fingerprint density at radius 2 is 1.72 bits per heavy atom. The standard InChI is InChI=1S/C29H30ClN3O3/c1-19(28(35)31-23-9-3-2-4-10-23)32(17-20-13-15-22(30)16-14-20)26(34)18-33-25-12-6-8-21-7-5-11-24(27(21)25)29(33)36/h5-8,11-16,19,23H,2-4,9-10,17-18H2,1H3,(H,31,35). The van der Waals surface area contributed by atoms with Gasteiger partial charge in [0.15, 0.2) is 0 Å². The third-order valence-electron chi connectivity index (χ3n) is 7.33. The van der Waals surface area contributed by atoms with Crippen molar-refractivity contribution in [3.05, 3.63) is 76.8 Å². The molecule has 3 amide bonds. The zero-order valence-electron chi connectivity index (χ0n) is 20.4. The van der Waals surface area contributed by atoms with Crippen molar-refractivity contribution in [1.29, 1.82) is 0 Å². The van der Waals surface area contributed by atoms with E-state index in [1.165, 1.54) is 11.3 Å². The van der Waals surface area contributed by atoms with Crippen LogP contribution in [0.2, 0.25) is 5.02 Å². The fraction of sp³-hybridized carbons (Fsp3) is 0.345. The molecule has 36 heavy (non-hydrogen) atoms. The summed E-state index contributed by atoms with van der Waals surface area (Å²) in [6.45, 7) is 1.86. The van der Waals surface area contributed by atoms with E-state index in [1.807, 2.05) is 42.5 Å². The van der Waals surface area contributed by atoms with Crippen molar-refractivity contribution in [3.63, 3.8) is 0 Å². The maximum absolute atomic E-state index is 13.8. The summed E-state index contributed by atoms with van der Waals surface area (Å²) >= 11 is 6.06. The number of hydrogen-bond acceptors (Lipinski definition) is 3. The number of carbonyl (C=O) groups is 3. The summed E-state index contributed by atoms with van der Waals surface area (Å²) in [5, 5.41) is 5.58. The van der Waals surface area contributed by atoms with E-state index >= 15 is 0 Å². The van der Waals surface area contributed by atoms with Gasteiger partial charge in [0.1, 0.15) is 12.6 Å². The van der Waals surface area contributed by atoms with E-state index in [1.54, 1.807) is 30.0 Å².